The Balaban J connectivity index is 0.000000142. The monoisotopic (exact) mass is 588 g/mol. The molecule has 44 heavy (non-hydrogen) atoms. The highest BCUT2D eigenvalue weighted by atomic mass is 16.3. The molecule has 4 aliphatic rings. The third kappa shape index (κ3) is 4.90. The van der Waals surface area contributed by atoms with Gasteiger partial charge in [-0.25, -0.2) is 21.4 Å². The number of likely N-dealkylation sites (tertiary alicyclic amines) is 2. The fraction of sp³-hybridized carbons (Fsp3) is 0.412. The Bertz CT molecular complexity index is 1720. The molecule has 4 aromatic rings. The molecule has 0 radical (unpaired) electrons. The molecule has 224 valence electrons. The van der Waals surface area contributed by atoms with E-state index < -0.39 is 6.10 Å². The van der Waals surface area contributed by atoms with E-state index in [4.69, 9.17) is 11.8 Å². The van der Waals surface area contributed by atoms with Crippen LogP contribution in [0.25, 0.3) is 27.4 Å². The Morgan fingerprint density at radius 2 is 1.39 bits per heavy atom. The first-order chi connectivity index (χ1) is 21.6. The zero-order chi connectivity index (χ0) is 30.2. The maximum Gasteiger partial charge on any atom is 0.270 e. The fourth-order valence-corrected chi connectivity index (χ4v) is 7.83. The zero-order valence-corrected chi connectivity index (χ0v) is 24.5. The molecule has 4 aliphatic heterocycles. The van der Waals surface area contributed by atoms with E-state index in [1.165, 1.54) is 22.3 Å². The van der Waals surface area contributed by atoms with Crippen LogP contribution in [0.1, 0.15) is 36.1 Å². The summed E-state index contributed by atoms with van der Waals surface area (Å²) in [6.07, 6.45) is 8.37. The fourth-order valence-electron chi connectivity index (χ4n) is 7.83. The van der Waals surface area contributed by atoms with Crippen LogP contribution in [0, 0.1) is 29.7 Å². The van der Waals surface area contributed by atoms with E-state index in [9.17, 15) is 10.2 Å². The van der Waals surface area contributed by atoms with Gasteiger partial charge in [0.2, 0.25) is 0 Å². The van der Waals surface area contributed by atoms with Gasteiger partial charge in [0.05, 0.1) is 73.3 Å². The van der Waals surface area contributed by atoms with E-state index in [1.54, 1.807) is 0 Å². The first-order valence-electron chi connectivity index (χ1n) is 15.3. The molecule has 0 bridgehead atoms. The van der Waals surface area contributed by atoms with Crippen molar-refractivity contribution in [2.45, 2.75) is 37.1 Å². The Morgan fingerprint density at radius 1 is 0.795 bits per heavy atom. The van der Waals surface area contributed by atoms with Crippen LogP contribution in [0.15, 0.2) is 73.6 Å². The van der Waals surface area contributed by atoms with Gasteiger partial charge in [-0.1, -0.05) is 48.5 Å². The lowest BCUT2D eigenvalue weighted by molar-refractivity contribution is 0.0119. The second-order valence-corrected chi connectivity index (χ2v) is 12.2. The van der Waals surface area contributed by atoms with Crippen molar-refractivity contribution in [3.8, 4) is 28.6 Å². The Kier molecular flexibility index (Phi) is 7.75. The number of fused-ring (bicyclic) bond motifs is 6. The molecule has 10 nitrogen and oxygen atoms in total. The summed E-state index contributed by atoms with van der Waals surface area (Å²) in [6, 6.07) is 19.2. The predicted molar refractivity (Wildman–Crippen MR) is 165 cm³/mol. The summed E-state index contributed by atoms with van der Waals surface area (Å²) in [5.41, 5.74) is 7.21. The quantitative estimate of drug-likeness (QED) is 0.277. The molecule has 2 aromatic carbocycles. The molecule has 2 aromatic heterocycles. The molecule has 6 heterocycles. The standard InChI is InChI=1S/2C17H18N4O/c1-18-10-20-7-6-16(22)14(9-20)17-13-5-3-2-4-12(13)15-8-19-11-21(15)17;18-6-8-20-7-5-14(16(22)10-20)17-13-4-2-1-3-12(13)15-9-19-11-21(15)17/h2-5,8,11,14,16-17,22H,6-7,9-10H2;1-4,9,11,14,16-17,22H,5,7-8,10H2. The van der Waals surface area contributed by atoms with Gasteiger partial charge in [-0.05, 0) is 30.5 Å². The van der Waals surface area contributed by atoms with Crippen molar-refractivity contribution in [2.75, 3.05) is 39.4 Å². The number of nitrogens with zero attached hydrogens (tertiary/aromatic N) is 8. The topological polar surface area (TPSA) is 111 Å². The van der Waals surface area contributed by atoms with E-state index in [-0.39, 0.29) is 30.0 Å². The van der Waals surface area contributed by atoms with Crippen molar-refractivity contribution in [1.82, 2.24) is 28.9 Å². The Labute approximate surface area is 257 Å². The number of aliphatic hydroxyl groups is 2. The molecule has 8 rings (SSSR count). The summed E-state index contributed by atoms with van der Waals surface area (Å²) in [7, 11) is 0. The highest BCUT2D eigenvalue weighted by Crippen LogP contribution is 2.46. The van der Waals surface area contributed by atoms with Crippen molar-refractivity contribution in [3.05, 3.63) is 96.1 Å². The van der Waals surface area contributed by atoms with E-state index in [1.807, 2.05) is 42.1 Å². The number of hydrogen-bond donors (Lipinski definition) is 2. The van der Waals surface area contributed by atoms with Crippen LogP contribution in [0.2, 0.25) is 0 Å². The summed E-state index contributed by atoms with van der Waals surface area (Å²) in [6.45, 7) is 10.9. The first kappa shape index (κ1) is 28.5. The Morgan fingerprint density at radius 3 is 1.98 bits per heavy atom. The number of nitriles is 1. The molecule has 0 amide bonds. The van der Waals surface area contributed by atoms with Gasteiger partial charge in [0, 0.05) is 42.6 Å². The van der Waals surface area contributed by atoms with Crippen LogP contribution >= 0.6 is 0 Å². The number of rotatable bonds is 4. The number of imidazole rings is 2. The highest BCUT2D eigenvalue weighted by Gasteiger charge is 2.42. The van der Waals surface area contributed by atoms with Gasteiger partial charge in [0.1, 0.15) is 0 Å². The number of piperidine rings is 2. The van der Waals surface area contributed by atoms with Gasteiger partial charge in [-0.2, -0.15) is 5.26 Å². The largest absolute Gasteiger partial charge is 0.393 e. The number of hydrogen-bond acceptors (Lipinski definition) is 7. The second kappa shape index (κ2) is 12.0. The lowest BCUT2D eigenvalue weighted by atomic mass is 9.83. The van der Waals surface area contributed by atoms with Crippen molar-refractivity contribution in [2.24, 2.45) is 11.8 Å². The molecule has 2 saturated heterocycles. The van der Waals surface area contributed by atoms with Crippen molar-refractivity contribution >= 4 is 0 Å². The van der Waals surface area contributed by atoms with Gasteiger partial charge in [0.15, 0.2) is 0 Å². The van der Waals surface area contributed by atoms with Gasteiger partial charge < -0.3 is 19.3 Å². The molecule has 0 spiro atoms. The second-order valence-electron chi connectivity index (χ2n) is 12.2. The molecule has 2 N–H and O–H groups in total. The molecule has 0 aliphatic carbocycles. The van der Waals surface area contributed by atoms with Crippen LogP contribution in [-0.4, -0.2) is 90.7 Å². The molecule has 6 unspecified atom stereocenters. The van der Waals surface area contributed by atoms with E-state index in [0.29, 0.717) is 19.8 Å². The molecular weight excluding hydrogens is 552 g/mol. The van der Waals surface area contributed by atoms with Gasteiger partial charge in [-0.15, -0.1) is 0 Å². The summed E-state index contributed by atoms with van der Waals surface area (Å²) < 4.78 is 4.37. The molecule has 2 fully saturated rings. The lowest BCUT2D eigenvalue weighted by Crippen LogP contribution is -2.46. The summed E-state index contributed by atoms with van der Waals surface area (Å²) >= 11 is 0. The average Bonchev–Trinajstić information content (AvgIpc) is 3.81. The number of β-amino-alcohol motifs (C(OH)–C–C–N with tert-alkyl or cyclic N) is 1. The third-order valence-corrected chi connectivity index (χ3v) is 9.84. The highest BCUT2D eigenvalue weighted by molar-refractivity contribution is 5.70. The van der Waals surface area contributed by atoms with Crippen molar-refractivity contribution < 1.29 is 10.2 Å². The normalized spacial score (nSPS) is 27.2. The maximum absolute atomic E-state index is 10.6. The van der Waals surface area contributed by atoms with Gasteiger partial charge >= 0.3 is 0 Å². The SMILES string of the molecule is N#CCN1CCC(C2c3ccccc3-c3cncn32)C(O)C1.[C-]#[N+]CN1CCC(O)C(C2c3ccccc3-c3cncn32)C1. The lowest BCUT2D eigenvalue weighted by Gasteiger charge is -2.38. The molecular formula is C34H36N8O2. The minimum absolute atomic E-state index is 0.0899. The number of aliphatic hydroxyl groups excluding tert-OH is 2. The van der Waals surface area contributed by atoms with Crippen LogP contribution in [-0.2, 0) is 0 Å². The summed E-state index contributed by atoms with van der Waals surface area (Å²) in [4.78, 5) is 16.2. The maximum atomic E-state index is 10.6. The van der Waals surface area contributed by atoms with Crippen molar-refractivity contribution in [1.29, 1.82) is 5.26 Å². The summed E-state index contributed by atoms with van der Waals surface area (Å²) in [5, 5.41) is 30.0. The predicted octanol–water partition coefficient (Wildman–Crippen LogP) is 3.67. The number of benzene rings is 2. The Hall–Kier alpha value is -4.32. The summed E-state index contributed by atoms with van der Waals surface area (Å²) in [5.74, 6) is 0.249. The number of aromatic nitrogens is 4. The molecule has 0 saturated carbocycles. The molecule has 6 atom stereocenters. The minimum Gasteiger partial charge on any atom is -0.393 e. The third-order valence-electron chi connectivity index (χ3n) is 9.84. The van der Waals surface area contributed by atoms with E-state index in [2.05, 4.69) is 71.3 Å². The van der Waals surface area contributed by atoms with Crippen LogP contribution in [0.3, 0.4) is 0 Å². The van der Waals surface area contributed by atoms with E-state index >= 15 is 0 Å². The van der Waals surface area contributed by atoms with Gasteiger partial charge in [0.25, 0.3) is 6.67 Å². The van der Waals surface area contributed by atoms with Crippen LogP contribution < -0.4 is 0 Å². The van der Waals surface area contributed by atoms with E-state index in [0.717, 1.165) is 43.9 Å². The minimum atomic E-state index is -0.423. The smallest absolute Gasteiger partial charge is 0.270 e. The van der Waals surface area contributed by atoms with Crippen LogP contribution in [0.4, 0.5) is 0 Å². The molecule has 10 heteroatoms. The average molecular weight is 589 g/mol. The van der Waals surface area contributed by atoms with Crippen molar-refractivity contribution in [3.63, 3.8) is 0 Å². The van der Waals surface area contributed by atoms with Gasteiger partial charge in [-0.3, -0.25) is 9.74 Å². The zero-order valence-electron chi connectivity index (χ0n) is 24.5. The van der Waals surface area contributed by atoms with Crippen LogP contribution in [0.5, 0.6) is 0 Å². The first-order valence-corrected chi connectivity index (χ1v) is 15.3.